The first kappa shape index (κ1) is 13.8. The molecule has 1 aliphatic carbocycles. The Bertz CT molecular complexity index is 829. The minimum atomic E-state index is 0.109. The molecular weight excluding hydrogens is 284 g/mol. The van der Waals surface area contributed by atoms with Crippen molar-refractivity contribution in [2.75, 3.05) is 0 Å². The van der Waals surface area contributed by atoms with E-state index in [-0.39, 0.29) is 17.5 Å². The highest BCUT2D eigenvalue weighted by molar-refractivity contribution is 6.12. The summed E-state index contributed by atoms with van der Waals surface area (Å²) in [4.78, 5) is 12.7. The van der Waals surface area contributed by atoms with Crippen molar-refractivity contribution in [3.63, 3.8) is 0 Å². The van der Waals surface area contributed by atoms with Gasteiger partial charge in [-0.25, -0.2) is 0 Å². The first-order valence-corrected chi connectivity index (χ1v) is 7.74. The number of hydrogen-bond acceptors (Lipinski definition) is 2. The molecule has 0 unspecified atom stereocenters. The van der Waals surface area contributed by atoms with Gasteiger partial charge in [0.05, 0.1) is 0 Å². The van der Waals surface area contributed by atoms with Gasteiger partial charge in [-0.05, 0) is 35.2 Å². The van der Waals surface area contributed by atoms with Crippen molar-refractivity contribution in [1.29, 1.82) is 0 Å². The predicted molar refractivity (Wildman–Crippen MR) is 90.0 cm³/mol. The summed E-state index contributed by atoms with van der Waals surface area (Å²) in [7, 11) is 0. The Morgan fingerprint density at radius 2 is 1.26 bits per heavy atom. The molecule has 2 heteroatoms. The highest BCUT2D eigenvalue weighted by Crippen LogP contribution is 2.38. The fraction of sp³-hybridized carbons (Fsp3) is 0.0952. The van der Waals surface area contributed by atoms with Gasteiger partial charge in [0.2, 0.25) is 0 Å². The van der Waals surface area contributed by atoms with Crippen molar-refractivity contribution in [1.82, 2.24) is 0 Å². The van der Waals surface area contributed by atoms with Crippen LogP contribution in [0, 0.1) is 0 Å². The topological polar surface area (TPSA) is 37.3 Å². The smallest absolute Gasteiger partial charge is 0.193 e. The first-order valence-electron chi connectivity index (χ1n) is 7.74. The van der Waals surface area contributed by atoms with E-state index in [9.17, 15) is 9.90 Å². The van der Waals surface area contributed by atoms with E-state index in [1.807, 2.05) is 60.7 Å². The zero-order valence-corrected chi connectivity index (χ0v) is 12.6. The van der Waals surface area contributed by atoms with E-state index in [0.29, 0.717) is 0 Å². The number of aromatic hydroxyl groups is 1. The van der Waals surface area contributed by atoms with E-state index in [2.05, 4.69) is 0 Å². The van der Waals surface area contributed by atoms with E-state index in [4.69, 9.17) is 0 Å². The van der Waals surface area contributed by atoms with E-state index < -0.39 is 0 Å². The van der Waals surface area contributed by atoms with Crippen LogP contribution in [0.15, 0.2) is 72.8 Å². The van der Waals surface area contributed by atoms with Crippen LogP contribution < -0.4 is 0 Å². The third-order valence-electron chi connectivity index (χ3n) is 4.54. The molecule has 0 aliphatic heterocycles. The number of benzene rings is 3. The summed E-state index contributed by atoms with van der Waals surface area (Å²) >= 11 is 0. The van der Waals surface area contributed by atoms with Crippen molar-refractivity contribution in [2.24, 2.45) is 0 Å². The molecule has 2 nitrogen and oxygen atoms in total. The number of fused-ring (bicyclic) bond motifs is 2. The van der Waals surface area contributed by atoms with Crippen molar-refractivity contribution < 1.29 is 9.90 Å². The van der Waals surface area contributed by atoms with Gasteiger partial charge in [0.15, 0.2) is 5.78 Å². The van der Waals surface area contributed by atoms with Crippen molar-refractivity contribution in [2.45, 2.75) is 12.3 Å². The number of hydrogen-bond donors (Lipinski definition) is 1. The molecule has 0 bridgehead atoms. The monoisotopic (exact) mass is 300 g/mol. The number of rotatable bonds is 2. The molecule has 0 saturated heterocycles. The normalized spacial score (nSPS) is 13.5. The van der Waals surface area contributed by atoms with Gasteiger partial charge in [0, 0.05) is 17.0 Å². The number of phenols is 1. The van der Waals surface area contributed by atoms with Crippen molar-refractivity contribution in [3.8, 4) is 5.75 Å². The molecule has 3 aromatic rings. The summed E-state index contributed by atoms with van der Waals surface area (Å²) in [6, 6.07) is 23.0. The van der Waals surface area contributed by atoms with Gasteiger partial charge in [-0.1, -0.05) is 60.7 Å². The molecule has 0 fully saturated rings. The first-order chi connectivity index (χ1) is 11.2. The summed E-state index contributed by atoms with van der Waals surface area (Å²) in [6.45, 7) is 0. The van der Waals surface area contributed by atoms with E-state index in [1.165, 1.54) is 0 Å². The summed E-state index contributed by atoms with van der Waals surface area (Å²) in [5, 5.41) is 9.47. The molecule has 0 heterocycles. The molecule has 0 atom stereocenters. The minimum Gasteiger partial charge on any atom is -0.508 e. The zero-order chi connectivity index (χ0) is 15.8. The van der Waals surface area contributed by atoms with Crippen LogP contribution in [-0.2, 0) is 6.42 Å². The summed E-state index contributed by atoms with van der Waals surface area (Å²) in [5.74, 6) is 0.538. The number of carbonyl (C=O) groups excluding carboxylic acids is 1. The maximum absolute atomic E-state index is 12.7. The highest BCUT2D eigenvalue weighted by atomic mass is 16.3. The Labute approximate surface area is 135 Å². The molecule has 112 valence electrons. The van der Waals surface area contributed by atoms with Crippen LogP contribution in [0.5, 0.6) is 5.75 Å². The van der Waals surface area contributed by atoms with Gasteiger partial charge in [-0.2, -0.15) is 0 Å². The SMILES string of the molecule is O=C1c2ccccc2C(Cc2ccc(O)cc2)c2ccccc21. The molecular formula is C21H16O2. The minimum absolute atomic E-state index is 0.109. The average Bonchev–Trinajstić information content (AvgIpc) is 2.60. The molecule has 0 spiro atoms. The molecule has 0 radical (unpaired) electrons. The molecule has 0 saturated carbocycles. The Kier molecular flexibility index (Phi) is 3.23. The van der Waals surface area contributed by atoms with E-state index in [0.717, 1.165) is 34.2 Å². The van der Waals surface area contributed by atoms with Gasteiger partial charge in [0.25, 0.3) is 0 Å². The van der Waals surface area contributed by atoms with E-state index in [1.54, 1.807) is 12.1 Å². The second kappa shape index (κ2) is 5.40. The lowest BCUT2D eigenvalue weighted by molar-refractivity contribution is 0.103. The fourth-order valence-electron chi connectivity index (χ4n) is 3.42. The quantitative estimate of drug-likeness (QED) is 0.765. The fourth-order valence-corrected chi connectivity index (χ4v) is 3.42. The average molecular weight is 300 g/mol. The second-order valence-corrected chi connectivity index (χ2v) is 5.93. The van der Waals surface area contributed by atoms with Crippen LogP contribution in [0.2, 0.25) is 0 Å². The molecule has 1 N–H and O–H groups in total. The highest BCUT2D eigenvalue weighted by Gasteiger charge is 2.30. The summed E-state index contributed by atoms with van der Waals surface area (Å²) < 4.78 is 0. The lowest BCUT2D eigenvalue weighted by Gasteiger charge is -2.27. The largest absolute Gasteiger partial charge is 0.508 e. The molecule has 4 rings (SSSR count). The number of carbonyl (C=O) groups is 1. The lowest BCUT2D eigenvalue weighted by Crippen LogP contribution is -2.20. The molecule has 23 heavy (non-hydrogen) atoms. The second-order valence-electron chi connectivity index (χ2n) is 5.93. The van der Waals surface area contributed by atoms with Gasteiger partial charge in [-0.3, -0.25) is 4.79 Å². The van der Waals surface area contributed by atoms with Gasteiger partial charge in [-0.15, -0.1) is 0 Å². The summed E-state index contributed by atoms with van der Waals surface area (Å²) in [5.41, 5.74) is 4.92. The molecule has 1 aliphatic rings. The van der Waals surface area contributed by atoms with Gasteiger partial charge >= 0.3 is 0 Å². The van der Waals surface area contributed by atoms with Crippen LogP contribution in [0.1, 0.15) is 38.5 Å². The zero-order valence-electron chi connectivity index (χ0n) is 12.6. The Morgan fingerprint density at radius 3 is 1.83 bits per heavy atom. The van der Waals surface area contributed by atoms with Gasteiger partial charge < -0.3 is 5.11 Å². The third kappa shape index (κ3) is 2.33. The van der Waals surface area contributed by atoms with Gasteiger partial charge in [0.1, 0.15) is 5.75 Å². The summed E-state index contributed by atoms with van der Waals surface area (Å²) in [6.07, 6.45) is 0.807. The van der Waals surface area contributed by atoms with Crippen LogP contribution in [-0.4, -0.2) is 10.9 Å². The Balaban J connectivity index is 1.84. The standard InChI is InChI=1S/C21H16O2/c22-15-11-9-14(10-12-15)13-20-16-5-1-3-7-18(16)21(23)19-8-4-2-6-17(19)20/h1-12,20,22H,13H2. The Morgan fingerprint density at radius 1 is 0.739 bits per heavy atom. The Hall–Kier alpha value is -2.87. The van der Waals surface area contributed by atoms with Crippen LogP contribution >= 0.6 is 0 Å². The van der Waals surface area contributed by atoms with Crippen LogP contribution in [0.25, 0.3) is 0 Å². The molecule has 3 aromatic carbocycles. The van der Waals surface area contributed by atoms with E-state index >= 15 is 0 Å². The predicted octanol–water partition coefficient (Wildman–Crippen LogP) is 4.31. The van der Waals surface area contributed by atoms with Crippen molar-refractivity contribution in [3.05, 3.63) is 101 Å². The maximum Gasteiger partial charge on any atom is 0.193 e. The van der Waals surface area contributed by atoms with Crippen LogP contribution in [0.4, 0.5) is 0 Å². The molecule has 0 aromatic heterocycles. The maximum atomic E-state index is 12.7. The van der Waals surface area contributed by atoms with Crippen molar-refractivity contribution >= 4 is 5.78 Å². The number of ketones is 1. The lowest BCUT2D eigenvalue weighted by atomic mass is 9.75. The third-order valence-corrected chi connectivity index (χ3v) is 4.54. The molecule has 0 amide bonds. The van der Waals surface area contributed by atoms with Crippen LogP contribution in [0.3, 0.4) is 0 Å². The number of phenolic OH excluding ortho intramolecular Hbond substituents is 1.